The van der Waals surface area contributed by atoms with E-state index in [-0.39, 0.29) is 5.56 Å². The fourth-order valence-electron chi connectivity index (χ4n) is 1.36. The SMILES string of the molecule is O=C(O)c1ccc(Sc2ccccc2Br)c(Cl)c1. The van der Waals surface area contributed by atoms with Crippen LogP contribution in [0.5, 0.6) is 0 Å². The number of hydrogen-bond acceptors (Lipinski definition) is 2. The zero-order chi connectivity index (χ0) is 13.1. The summed E-state index contributed by atoms with van der Waals surface area (Å²) in [7, 11) is 0. The van der Waals surface area contributed by atoms with Gasteiger partial charge in [0.05, 0.1) is 10.6 Å². The molecular weight excluding hydrogens is 336 g/mol. The van der Waals surface area contributed by atoms with Gasteiger partial charge in [0.2, 0.25) is 0 Å². The van der Waals surface area contributed by atoms with Crippen LogP contribution >= 0.6 is 39.3 Å². The van der Waals surface area contributed by atoms with Crippen molar-refractivity contribution in [3.8, 4) is 0 Å². The summed E-state index contributed by atoms with van der Waals surface area (Å²) < 4.78 is 0.980. The van der Waals surface area contributed by atoms with Crippen molar-refractivity contribution in [2.45, 2.75) is 9.79 Å². The van der Waals surface area contributed by atoms with Crippen molar-refractivity contribution in [1.29, 1.82) is 0 Å². The molecule has 0 aliphatic rings. The smallest absolute Gasteiger partial charge is 0.335 e. The van der Waals surface area contributed by atoms with E-state index in [2.05, 4.69) is 15.9 Å². The first-order valence-corrected chi connectivity index (χ1v) is 7.02. The average Bonchev–Trinajstić information content (AvgIpc) is 2.34. The zero-order valence-corrected chi connectivity index (χ0v) is 12.2. The summed E-state index contributed by atoms with van der Waals surface area (Å²) in [6, 6.07) is 12.5. The van der Waals surface area contributed by atoms with Crippen LogP contribution in [0.1, 0.15) is 10.4 Å². The van der Waals surface area contributed by atoms with Gasteiger partial charge >= 0.3 is 5.97 Å². The molecule has 2 aromatic rings. The lowest BCUT2D eigenvalue weighted by molar-refractivity contribution is 0.0697. The first kappa shape index (κ1) is 13.5. The Kier molecular flexibility index (Phi) is 4.32. The van der Waals surface area contributed by atoms with Crippen LogP contribution in [0.4, 0.5) is 0 Å². The van der Waals surface area contributed by atoms with Gasteiger partial charge in [0, 0.05) is 14.3 Å². The normalized spacial score (nSPS) is 10.3. The van der Waals surface area contributed by atoms with Crippen LogP contribution in [0, 0.1) is 0 Å². The molecule has 0 saturated carbocycles. The number of rotatable bonds is 3. The Bertz CT molecular complexity index is 601. The molecule has 2 rings (SSSR count). The molecule has 0 aromatic heterocycles. The van der Waals surface area contributed by atoms with Gasteiger partial charge in [-0.2, -0.15) is 0 Å². The lowest BCUT2D eigenvalue weighted by Crippen LogP contribution is -1.95. The molecule has 2 nitrogen and oxygen atoms in total. The molecule has 0 aliphatic heterocycles. The quantitative estimate of drug-likeness (QED) is 0.856. The van der Waals surface area contributed by atoms with Gasteiger partial charge in [0.25, 0.3) is 0 Å². The second kappa shape index (κ2) is 5.78. The first-order valence-electron chi connectivity index (χ1n) is 5.03. The minimum absolute atomic E-state index is 0.191. The largest absolute Gasteiger partial charge is 0.478 e. The maximum Gasteiger partial charge on any atom is 0.335 e. The number of halogens is 2. The average molecular weight is 344 g/mol. The maximum absolute atomic E-state index is 10.8. The molecule has 2 aromatic carbocycles. The van der Waals surface area contributed by atoms with Crippen molar-refractivity contribution < 1.29 is 9.90 Å². The number of benzene rings is 2. The van der Waals surface area contributed by atoms with Gasteiger partial charge in [-0.1, -0.05) is 35.5 Å². The molecule has 0 bridgehead atoms. The van der Waals surface area contributed by atoms with Crippen LogP contribution in [0.15, 0.2) is 56.7 Å². The summed E-state index contributed by atoms with van der Waals surface area (Å²) in [5.74, 6) is -0.977. The number of carboxylic acid groups (broad SMARTS) is 1. The molecule has 0 spiro atoms. The Morgan fingerprint density at radius 2 is 1.89 bits per heavy atom. The van der Waals surface area contributed by atoms with Crippen LogP contribution in [0.25, 0.3) is 0 Å². The van der Waals surface area contributed by atoms with E-state index >= 15 is 0 Å². The predicted octanol–water partition coefficient (Wildman–Crippen LogP) is 4.95. The van der Waals surface area contributed by atoms with E-state index in [1.165, 1.54) is 17.8 Å². The van der Waals surface area contributed by atoms with Gasteiger partial charge in [-0.05, 0) is 46.3 Å². The molecule has 0 saturated heterocycles. The van der Waals surface area contributed by atoms with Crippen LogP contribution in [0.3, 0.4) is 0 Å². The molecule has 0 radical (unpaired) electrons. The summed E-state index contributed by atoms with van der Waals surface area (Å²) in [5, 5.41) is 9.30. The van der Waals surface area contributed by atoms with E-state index < -0.39 is 5.97 Å². The van der Waals surface area contributed by atoms with Crippen molar-refractivity contribution >= 4 is 45.3 Å². The van der Waals surface area contributed by atoms with Gasteiger partial charge in [-0.25, -0.2) is 4.79 Å². The molecule has 1 N–H and O–H groups in total. The highest BCUT2D eigenvalue weighted by molar-refractivity contribution is 9.10. The summed E-state index contributed by atoms with van der Waals surface area (Å²) in [4.78, 5) is 12.7. The number of aromatic carboxylic acids is 1. The third kappa shape index (κ3) is 3.07. The van der Waals surface area contributed by atoms with E-state index in [1.807, 2.05) is 24.3 Å². The fraction of sp³-hybridized carbons (Fsp3) is 0. The summed E-state index contributed by atoms with van der Waals surface area (Å²) >= 11 is 11.0. The Morgan fingerprint density at radius 1 is 1.17 bits per heavy atom. The van der Waals surface area contributed by atoms with Gasteiger partial charge in [-0.15, -0.1) is 0 Å². The van der Waals surface area contributed by atoms with Gasteiger partial charge < -0.3 is 5.11 Å². The predicted molar refractivity (Wildman–Crippen MR) is 76.7 cm³/mol. The number of hydrogen-bond donors (Lipinski definition) is 1. The molecular formula is C13H8BrClO2S. The minimum Gasteiger partial charge on any atom is -0.478 e. The topological polar surface area (TPSA) is 37.3 Å². The second-order valence-electron chi connectivity index (χ2n) is 3.48. The third-order valence-corrected chi connectivity index (χ3v) is 4.77. The van der Waals surface area contributed by atoms with Crippen LogP contribution < -0.4 is 0 Å². The summed E-state index contributed by atoms with van der Waals surface area (Å²) in [6.45, 7) is 0. The van der Waals surface area contributed by atoms with Crippen molar-refractivity contribution in [3.05, 3.63) is 57.5 Å². The van der Waals surface area contributed by atoms with Crippen LogP contribution in [-0.4, -0.2) is 11.1 Å². The van der Waals surface area contributed by atoms with E-state index in [0.29, 0.717) is 5.02 Å². The highest BCUT2D eigenvalue weighted by Crippen LogP contribution is 2.37. The van der Waals surface area contributed by atoms with E-state index in [4.69, 9.17) is 16.7 Å². The monoisotopic (exact) mass is 342 g/mol. The molecule has 0 unspecified atom stereocenters. The molecule has 92 valence electrons. The Morgan fingerprint density at radius 3 is 2.50 bits per heavy atom. The van der Waals surface area contributed by atoms with Gasteiger partial charge in [0.15, 0.2) is 0 Å². The second-order valence-corrected chi connectivity index (χ2v) is 5.83. The van der Waals surface area contributed by atoms with Crippen molar-refractivity contribution in [1.82, 2.24) is 0 Å². The Balaban J connectivity index is 2.30. The van der Waals surface area contributed by atoms with Gasteiger partial charge in [-0.3, -0.25) is 0 Å². The Labute approximate surface area is 122 Å². The van der Waals surface area contributed by atoms with Crippen molar-refractivity contribution in [3.63, 3.8) is 0 Å². The molecule has 0 amide bonds. The highest BCUT2D eigenvalue weighted by Gasteiger charge is 2.09. The lowest BCUT2D eigenvalue weighted by Gasteiger charge is -2.06. The van der Waals surface area contributed by atoms with Crippen LogP contribution in [-0.2, 0) is 0 Å². The number of carbonyl (C=O) groups is 1. The summed E-state index contributed by atoms with van der Waals surface area (Å²) in [5.41, 5.74) is 0.191. The maximum atomic E-state index is 10.8. The first-order chi connectivity index (χ1) is 8.58. The fourth-order valence-corrected chi connectivity index (χ4v) is 3.03. The van der Waals surface area contributed by atoms with E-state index in [1.54, 1.807) is 12.1 Å². The minimum atomic E-state index is -0.977. The molecule has 0 aliphatic carbocycles. The molecule has 0 heterocycles. The summed E-state index contributed by atoms with van der Waals surface area (Å²) in [6.07, 6.45) is 0. The van der Waals surface area contributed by atoms with Gasteiger partial charge in [0.1, 0.15) is 0 Å². The molecule has 0 fully saturated rings. The van der Waals surface area contributed by atoms with E-state index in [9.17, 15) is 4.79 Å². The van der Waals surface area contributed by atoms with Crippen molar-refractivity contribution in [2.24, 2.45) is 0 Å². The zero-order valence-electron chi connectivity index (χ0n) is 9.06. The Hall–Kier alpha value is -0.970. The molecule has 5 heteroatoms. The number of carboxylic acids is 1. The van der Waals surface area contributed by atoms with Crippen molar-refractivity contribution in [2.75, 3.05) is 0 Å². The lowest BCUT2D eigenvalue weighted by atomic mass is 10.2. The highest BCUT2D eigenvalue weighted by atomic mass is 79.9. The van der Waals surface area contributed by atoms with E-state index in [0.717, 1.165) is 14.3 Å². The molecule has 0 atom stereocenters. The standard InChI is InChI=1S/C13H8BrClO2S/c14-9-3-1-2-4-11(9)18-12-6-5-8(13(16)17)7-10(12)15/h1-7H,(H,16,17). The van der Waals surface area contributed by atoms with Crippen LogP contribution in [0.2, 0.25) is 5.02 Å². The third-order valence-electron chi connectivity index (χ3n) is 2.24. The molecule has 18 heavy (non-hydrogen) atoms.